The Kier molecular flexibility index (Phi) is 4.55. The van der Waals surface area contributed by atoms with E-state index in [4.69, 9.17) is 11.6 Å². The van der Waals surface area contributed by atoms with Gasteiger partial charge in [0.05, 0.1) is 17.1 Å². The average Bonchev–Trinajstić information content (AvgIpc) is 3.40. The maximum Gasteiger partial charge on any atom is 0.237 e. The minimum atomic E-state index is -0.654. The summed E-state index contributed by atoms with van der Waals surface area (Å²) in [6.07, 6.45) is 3.81. The van der Waals surface area contributed by atoms with Gasteiger partial charge in [-0.2, -0.15) is 0 Å². The molecular formula is C16H18Cl2F2N2O. The fraction of sp³-hybridized carbons (Fsp3) is 0.562. The Labute approximate surface area is 144 Å². The van der Waals surface area contributed by atoms with E-state index in [1.807, 2.05) is 0 Å². The van der Waals surface area contributed by atoms with Crippen LogP contribution in [-0.2, 0) is 4.79 Å². The predicted octanol–water partition coefficient (Wildman–Crippen LogP) is 3.36. The molecule has 1 aliphatic heterocycles. The minimum Gasteiger partial charge on any atom is -0.348 e. The second kappa shape index (κ2) is 6.19. The van der Waals surface area contributed by atoms with Crippen LogP contribution in [0.4, 0.5) is 8.78 Å². The number of halogens is 4. The highest BCUT2D eigenvalue weighted by Gasteiger charge is 2.48. The first-order valence-electron chi connectivity index (χ1n) is 7.74. The van der Waals surface area contributed by atoms with Gasteiger partial charge in [0.25, 0.3) is 0 Å². The number of amides is 1. The van der Waals surface area contributed by atoms with Gasteiger partial charge in [0, 0.05) is 11.6 Å². The van der Waals surface area contributed by atoms with Crippen LogP contribution < -0.4 is 10.6 Å². The third kappa shape index (κ3) is 3.32. The first kappa shape index (κ1) is 16.9. The Morgan fingerprint density at radius 1 is 1.26 bits per heavy atom. The summed E-state index contributed by atoms with van der Waals surface area (Å²) in [6, 6.07) is 1.89. The Morgan fingerprint density at radius 2 is 2.00 bits per heavy atom. The molecule has 7 heteroatoms. The van der Waals surface area contributed by atoms with E-state index in [9.17, 15) is 13.6 Å². The van der Waals surface area contributed by atoms with Crippen molar-refractivity contribution in [3.63, 3.8) is 0 Å². The number of hydrogen-bond donors (Lipinski definition) is 2. The van der Waals surface area contributed by atoms with E-state index in [1.54, 1.807) is 0 Å². The summed E-state index contributed by atoms with van der Waals surface area (Å²) >= 11 is 5.60. The van der Waals surface area contributed by atoms with Crippen LogP contribution in [0.25, 0.3) is 0 Å². The molecule has 3 nitrogen and oxygen atoms in total. The third-order valence-corrected chi connectivity index (χ3v) is 5.25. The Hall–Kier alpha value is -0.910. The molecule has 2 aliphatic carbocycles. The molecule has 126 valence electrons. The smallest absolute Gasteiger partial charge is 0.237 e. The van der Waals surface area contributed by atoms with Crippen molar-refractivity contribution < 1.29 is 13.6 Å². The first-order valence-corrected chi connectivity index (χ1v) is 8.11. The van der Waals surface area contributed by atoms with E-state index in [2.05, 4.69) is 10.6 Å². The van der Waals surface area contributed by atoms with Gasteiger partial charge in [-0.15, -0.1) is 12.4 Å². The largest absolute Gasteiger partial charge is 0.348 e. The molecule has 4 atom stereocenters. The molecule has 0 unspecified atom stereocenters. The zero-order chi connectivity index (χ0) is 15.4. The summed E-state index contributed by atoms with van der Waals surface area (Å²) in [5.74, 6) is -0.544. The van der Waals surface area contributed by atoms with E-state index >= 15 is 0 Å². The summed E-state index contributed by atoms with van der Waals surface area (Å²) in [6.45, 7) is 0. The van der Waals surface area contributed by atoms with Crippen LogP contribution in [0.2, 0.25) is 5.02 Å². The van der Waals surface area contributed by atoms with Gasteiger partial charge in [-0.25, -0.2) is 8.78 Å². The van der Waals surface area contributed by atoms with Crippen molar-refractivity contribution in [1.82, 2.24) is 10.6 Å². The van der Waals surface area contributed by atoms with E-state index in [0.717, 1.165) is 37.8 Å². The topological polar surface area (TPSA) is 41.1 Å². The molecule has 0 radical (unpaired) electrons. The molecule has 2 saturated carbocycles. The summed E-state index contributed by atoms with van der Waals surface area (Å²) in [5, 5.41) is 5.96. The fourth-order valence-corrected chi connectivity index (χ4v) is 3.58. The van der Waals surface area contributed by atoms with Crippen molar-refractivity contribution in [2.24, 2.45) is 11.8 Å². The van der Waals surface area contributed by atoms with Gasteiger partial charge in [-0.1, -0.05) is 11.6 Å². The van der Waals surface area contributed by atoms with Gasteiger partial charge in [-0.05, 0) is 49.7 Å². The van der Waals surface area contributed by atoms with Crippen molar-refractivity contribution in [1.29, 1.82) is 0 Å². The van der Waals surface area contributed by atoms with E-state index in [-0.39, 0.29) is 40.9 Å². The molecule has 4 rings (SSSR count). The molecule has 0 bridgehead atoms. The Morgan fingerprint density at radius 3 is 2.61 bits per heavy atom. The number of carbonyl (C=O) groups is 1. The van der Waals surface area contributed by atoms with Crippen LogP contribution in [0.1, 0.15) is 37.3 Å². The number of piperidine rings is 1. The molecule has 0 aromatic heterocycles. The molecule has 0 spiro atoms. The molecule has 1 aromatic rings. The van der Waals surface area contributed by atoms with Crippen LogP contribution >= 0.6 is 24.0 Å². The van der Waals surface area contributed by atoms with E-state index < -0.39 is 17.7 Å². The second-order valence-corrected chi connectivity index (χ2v) is 7.08. The predicted molar refractivity (Wildman–Crippen MR) is 85.7 cm³/mol. The van der Waals surface area contributed by atoms with Gasteiger partial charge in [0.15, 0.2) is 0 Å². The SMILES string of the molecule is Cl.O=C(N[C@@H](c1cc(F)c(Cl)cc1F)C1CC1)[C@H]1C[C@H]2C[C@H]2N1. The molecule has 2 N–H and O–H groups in total. The van der Waals surface area contributed by atoms with E-state index in [1.165, 1.54) is 0 Å². The molecular weight excluding hydrogens is 345 g/mol. The maximum atomic E-state index is 14.1. The highest BCUT2D eigenvalue weighted by molar-refractivity contribution is 6.30. The molecule has 3 aliphatic rings. The van der Waals surface area contributed by atoms with Crippen molar-refractivity contribution in [2.45, 2.75) is 43.8 Å². The summed E-state index contributed by atoms with van der Waals surface area (Å²) in [4.78, 5) is 12.4. The lowest BCUT2D eigenvalue weighted by Gasteiger charge is -2.22. The number of hydrogen-bond acceptors (Lipinski definition) is 2. The second-order valence-electron chi connectivity index (χ2n) is 6.67. The quantitative estimate of drug-likeness (QED) is 0.806. The number of rotatable bonds is 4. The summed E-state index contributed by atoms with van der Waals surface area (Å²) in [7, 11) is 0. The number of benzene rings is 1. The highest BCUT2D eigenvalue weighted by Crippen LogP contribution is 2.44. The molecule has 1 saturated heterocycles. The monoisotopic (exact) mass is 362 g/mol. The van der Waals surface area contributed by atoms with Gasteiger partial charge >= 0.3 is 0 Å². The fourth-order valence-electron chi connectivity index (χ4n) is 3.43. The Bertz CT molecular complexity index is 629. The Balaban J connectivity index is 0.00000156. The average molecular weight is 363 g/mol. The lowest BCUT2D eigenvalue weighted by molar-refractivity contribution is -0.124. The number of nitrogens with one attached hydrogen (secondary N) is 2. The standard InChI is InChI=1S/C16H17ClF2N2O.ClH/c17-10-6-11(18)9(5-12(10)19)15(7-1-2-7)21-16(22)14-4-8-3-13(8)20-14;/h5-8,13-15,20H,1-4H2,(H,21,22);1H/t8-,13-,14-,15-;/m1./s1. The van der Waals surface area contributed by atoms with Gasteiger partial charge in [0.1, 0.15) is 11.6 Å². The third-order valence-electron chi connectivity index (χ3n) is 4.96. The van der Waals surface area contributed by atoms with Crippen LogP contribution in [-0.4, -0.2) is 18.0 Å². The van der Waals surface area contributed by atoms with Crippen molar-refractivity contribution in [3.8, 4) is 0 Å². The van der Waals surface area contributed by atoms with E-state index in [0.29, 0.717) is 12.0 Å². The molecule has 23 heavy (non-hydrogen) atoms. The highest BCUT2D eigenvalue weighted by atomic mass is 35.5. The van der Waals surface area contributed by atoms with Crippen LogP contribution in [0, 0.1) is 23.5 Å². The molecule has 1 heterocycles. The van der Waals surface area contributed by atoms with Gasteiger partial charge in [0.2, 0.25) is 5.91 Å². The number of carbonyl (C=O) groups excluding carboxylic acids is 1. The van der Waals surface area contributed by atoms with Gasteiger partial charge in [-0.3, -0.25) is 4.79 Å². The zero-order valence-electron chi connectivity index (χ0n) is 12.3. The van der Waals surface area contributed by atoms with Crippen LogP contribution in [0.3, 0.4) is 0 Å². The van der Waals surface area contributed by atoms with Crippen LogP contribution in [0.15, 0.2) is 12.1 Å². The summed E-state index contributed by atoms with van der Waals surface area (Å²) in [5.41, 5.74) is 0.195. The van der Waals surface area contributed by atoms with Crippen molar-refractivity contribution in [2.75, 3.05) is 0 Å². The summed E-state index contributed by atoms with van der Waals surface area (Å²) < 4.78 is 27.8. The minimum absolute atomic E-state index is 0. The molecule has 1 amide bonds. The lowest BCUT2D eigenvalue weighted by Crippen LogP contribution is -2.44. The van der Waals surface area contributed by atoms with Crippen molar-refractivity contribution >= 4 is 29.9 Å². The molecule has 1 aromatic carbocycles. The van der Waals surface area contributed by atoms with Crippen LogP contribution in [0.5, 0.6) is 0 Å². The first-order chi connectivity index (χ1) is 10.5. The zero-order valence-corrected chi connectivity index (χ0v) is 13.9. The number of fused-ring (bicyclic) bond motifs is 1. The van der Waals surface area contributed by atoms with Gasteiger partial charge < -0.3 is 10.6 Å². The van der Waals surface area contributed by atoms with Crippen molar-refractivity contribution in [3.05, 3.63) is 34.4 Å². The lowest BCUT2D eigenvalue weighted by atomic mass is 10.0. The normalized spacial score (nSPS) is 29.4. The molecule has 3 fully saturated rings. The maximum absolute atomic E-state index is 14.1.